The Labute approximate surface area is 155 Å². The summed E-state index contributed by atoms with van der Waals surface area (Å²) in [6.45, 7) is 6.06. The molecule has 1 aromatic carbocycles. The third-order valence-electron chi connectivity index (χ3n) is 4.54. The predicted octanol–water partition coefficient (Wildman–Crippen LogP) is 3.04. The van der Waals surface area contributed by atoms with Crippen LogP contribution in [0.3, 0.4) is 0 Å². The average molecular weight is 363 g/mol. The molecular weight excluding hydrogens is 334 g/mol. The summed E-state index contributed by atoms with van der Waals surface area (Å²) in [6, 6.07) is 9.89. The highest BCUT2D eigenvalue weighted by Crippen LogP contribution is 2.38. The number of esters is 1. The molecule has 0 aromatic heterocycles. The van der Waals surface area contributed by atoms with Crippen LogP contribution in [0.1, 0.15) is 32.8 Å². The second kappa shape index (κ2) is 8.08. The van der Waals surface area contributed by atoms with E-state index in [1.54, 1.807) is 12.0 Å². The van der Waals surface area contributed by atoms with E-state index in [0.29, 0.717) is 19.4 Å². The second-order valence-electron chi connectivity index (χ2n) is 7.83. The van der Waals surface area contributed by atoms with Crippen LogP contribution in [0.15, 0.2) is 30.3 Å². The molecule has 1 heterocycles. The summed E-state index contributed by atoms with van der Waals surface area (Å²) in [6.07, 6.45) is 0.618. The zero-order valence-corrected chi connectivity index (χ0v) is 16.3. The van der Waals surface area contributed by atoms with Crippen LogP contribution in [-0.2, 0) is 25.4 Å². The number of benzene rings is 1. The van der Waals surface area contributed by atoms with E-state index < -0.39 is 23.2 Å². The first-order valence-electron chi connectivity index (χ1n) is 8.82. The van der Waals surface area contributed by atoms with Crippen molar-refractivity contribution in [1.82, 2.24) is 4.90 Å². The molecule has 144 valence electrons. The van der Waals surface area contributed by atoms with Crippen molar-refractivity contribution in [3.05, 3.63) is 35.9 Å². The van der Waals surface area contributed by atoms with Crippen LogP contribution in [0.25, 0.3) is 0 Å². The van der Waals surface area contributed by atoms with Crippen LogP contribution in [0.2, 0.25) is 0 Å². The van der Waals surface area contributed by atoms with Gasteiger partial charge in [0.1, 0.15) is 5.60 Å². The van der Waals surface area contributed by atoms with E-state index in [-0.39, 0.29) is 12.5 Å². The lowest BCUT2D eigenvalue weighted by Crippen LogP contribution is -2.53. The summed E-state index contributed by atoms with van der Waals surface area (Å²) < 4.78 is 16.0. The van der Waals surface area contributed by atoms with Gasteiger partial charge in [0.05, 0.1) is 25.2 Å². The van der Waals surface area contributed by atoms with Gasteiger partial charge in [0, 0.05) is 13.7 Å². The molecule has 1 amide bonds. The van der Waals surface area contributed by atoms with Crippen LogP contribution in [0.5, 0.6) is 0 Å². The summed E-state index contributed by atoms with van der Waals surface area (Å²) in [7, 11) is 2.97. The Kier molecular flexibility index (Phi) is 6.29. The first-order chi connectivity index (χ1) is 12.2. The van der Waals surface area contributed by atoms with Gasteiger partial charge in [-0.15, -0.1) is 0 Å². The van der Waals surface area contributed by atoms with Crippen LogP contribution in [-0.4, -0.2) is 55.5 Å². The molecule has 1 aliphatic heterocycles. The van der Waals surface area contributed by atoms with E-state index in [9.17, 15) is 9.59 Å². The fourth-order valence-electron chi connectivity index (χ4n) is 3.56. The lowest BCUT2D eigenvalue weighted by atomic mass is 9.86. The van der Waals surface area contributed by atoms with Crippen molar-refractivity contribution in [2.75, 3.05) is 27.4 Å². The number of amides is 1. The van der Waals surface area contributed by atoms with Gasteiger partial charge < -0.3 is 14.2 Å². The largest absolute Gasteiger partial charge is 0.469 e. The Bertz CT molecular complexity index is 625. The third kappa shape index (κ3) is 4.75. The average Bonchev–Trinajstić information content (AvgIpc) is 2.93. The third-order valence-corrected chi connectivity index (χ3v) is 4.54. The van der Waals surface area contributed by atoms with Gasteiger partial charge in [0.2, 0.25) is 0 Å². The minimum absolute atomic E-state index is 0.262. The van der Waals surface area contributed by atoms with E-state index in [4.69, 9.17) is 14.2 Å². The maximum absolute atomic E-state index is 12.9. The molecule has 0 spiro atoms. The Balaban J connectivity index is 2.37. The highest BCUT2D eigenvalue weighted by atomic mass is 16.6. The van der Waals surface area contributed by atoms with Gasteiger partial charge >= 0.3 is 12.1 Å². The first kappa shape index (κ1) is 20.2. The lowest BCUT2D eigenvalue weighted by Gasteiger charge is -2.38. The Morgan fingerprint density at radius 1 is 1.19 bits per heavy atom. The van der Waals surface area contributed by atoms with E-state index in [2.05, 4.69) is 0 Å². The number of rotatable bonds is 5. The lowest BCUT2D eigenvalue weighted by molar-refractivity contribution is -0.145. The number of likely N-dealkylation sites (tertiary alicyclic amines) is 1. The monoisotopic (exact) mass is 363 g/mol. The quantitative estimate of drug-likeness (QED) is 0.753. The number of ether oxygens (including phenoxy) is 3. The molecule has 2 atom stereocenters. The van der Waals surface area contributed by atoms with Crippen LogP contribution in [0.4, 0.5) is 4.79 Å². The molecule has 1 saturated heterocycles. The molecule has 0 radical (unpaired) electrons. The Hall–Kier alpha value is -2.08. The highest BCUT2D eigenvalue weighted by molar-refractivity contribution is 5.77. The van der Waals surface area contributed by atoms with Crippen molar-refractivity contribution >= 4 is 12.1 Å². The number of nitrogens with zero attached hydrogens (tertiary/aromatic N) is 1. The molecule has 0 bridgehead atoms. The molecule has 0 aliphatic carbocycles. The number of carbonyl (C=O) groups excluding carboxylic acids is 2. The van der Waals surface area contributed by atoms with Gasteiger partial charge in [-0.3, -0.25) is 9.69 Å². The number of hydrogen-bond acceptors (Lipinski definition) is 5. The predicted molar refractivity (Wildman–Crippen MR) is 97.8 cm³/mol. The highest BCUT2D eigenvalue weighted by Gasteiger charge is 2.51. The Morgan fingerprint density at radius 3 is 2.38 bits per heavy atom. The van der Waals surface area contributed by atoms with E-state index in [1.165, 1.54) is 7.11 Å². The fourth-order valence-corrected chi connectivity index (χ4v) is 3.56. The molecule has 6 heteroatoms. The van der Waals surface area contributed by atoms with E-state index >= 15 is 0 Å². The molecule has 1 aliphatic rings. The zero-order chi connectivity index (χ0) is 19.4. The molecular formula is C20H29NO5. The SMILES string of the molecule is COC[C@]1(Cc2ccccc2)C[C@H](C(=O)OC)CN1C(=O)OC(C)(C)C. The van der Waals surface area contributed by atoms with E-state index in [0.717, 1.165) is 5.56 Å². The Morgan fingerprint density at radius 2 is 1.85 bits per heavy atom. The van der Waals surface area contributed by atoms with Crippen LogP contribution in [0, 0.1) is 5.92 Å². The number of methoxy groups -OCH3 is 2. The van der Waals surface area contributed by atoms with Crippen molar-refractivity contribution < 1.29 is 23.8 Å². The van der Waals surface area contributed by atoms with Gasteiger partial charge in [-0.05, 0) is 39.2 Å². The van der Waals surface area contributed by atoms with Gasteiger partial charge in [-0.25, -0.2) is 4.79 Å². The summed E-state index contributed by atoms with van der Waals surface area (Å²) in [5.74, 6) is -0.712. The maximum Gasteiger partial charge on any atom is 0.410 e. The smallest absolute Gasteiger partial charge is 0.410 e. The molecule has 6 nitrogen and oxygen atoms in total. The summed E-state index contributed by atoms with van der Waals surface area (Å²) in [5.41, 5.74) is -0.202. The molecule has 1 fully saturated rings. The second-order valence-corrected chi connectivity index (χ2v) is 7.83. The standard InChI is InChI=1S/C20H29NO5/c1-19(2,3)26-18(23)21-13-16(17(22)25-5)12-20(21,14-24-4)11-15-9-7-6-8-10-15/h6-10,16H,11-14H2,1-5H3/t16-,20-/m0/s1. The number of carbonyl (C=O) groups is 2. The number of hydrogen-bond donors (Lipinski definition) is 0. The van der Waals surface area contributed by atoms with Gasteiger partial charge in [0.25, 0.3) is 0 Å². The maximum atomic E-state index is 12.9. The van der Waals surface area contributed by atoms with Gasteiger partial charge in [-0.1, -0.05) is 30.3 Å². The van der Waals surface area contributed by atoms with Gasteiger partial charge in [0.15, 0.2) is 0 Å². The first-order valence-corrected chi connectivity index (χ1v) is 8.82. The van der Waals surface area contributed by atoms with Crippen molar-refractivity contribution in [2.45, 2.75) is 44.8 Å². The molecule has 0 N–H and O–H groups in total. The van der Waals surface area contributed by atoms with Crippen molar-refractivity contribution in [2.24, 2.45) is 5.92 Å². The summed E-state index contributed by atoms with van der Waals surface area (Å²) in [5, 5.41) is 0. The van der Waals surface area contributed by atoms with Crippen molar-refractivity contribution in [1.29, 1.82) is 0 Å². The minimum atomic E-state index is -0.655. The minimum Gasteiger partial charge on any atom is -0.469 e. The molecule has 26 heavy (non-hydrogen) atoms. The van der Waals surface area contributed by atoms with Crippen LogP contribution >= 0.6 is 0 Å². The summed E-state index contributed by atoms with van der Waals surface area (Å²) in [4.78, 5) is 26.7. The van der Waals surface area contributed by atoms with Gasteiger partial charge in [-0.2, -0.15) is 0 Å². The molecule has 0 saturated carbocycles. The van der Waals surface area contributed by atoms with E-state index in [1.807, 2.05) is 51.1 Å². The van der Waals surface area contributed by atoms with Crippen molar-refractivity contribution in [3.8, 4) is 0 Å². The fraction of sp³-hybridized carbons (Fsp3) is 0.600. The molecule has 0 unspecified atom stereocenters. The zero-order valence-electron chi connectivity index (χ0n) is 16.3. The van der Waals surface area contributed by atoms with Crippen molar-refractivity contribution in [3.63, 3.8) is 0 Å². The van der Waals surface area contributed by atoms with Crippen LogP contribution < -0.4 is 0 Å². The molecule has 1 aromatic rings. The normalized spacial score (nSPS) is 23.0. The summed E-state index contributed by atoms with van der Waals surface area (Å²) >= 11 is 0. The molecule has 2 rings (SSSR count). The topological polar surface area (TPSA) is 65.1 Å².